The highest BCUT2D eigenvalue weighted by Crippen LogP contribution is 2.17. The molecule has 0 aliphatic carbocycles. The van der Waals surface area contributed by atoms with E-state index in [9.17, 15) is 23.4 Å². The molecule has 0 aromatic heterocycles. The highest BCUT2D eigenvalue weighted by molar-refractivity contribution is 7.86. The maximum absolute atomic E-state index is 14.7. The quantitative estimate of drug-likeness (QED) is 0.0847. The molecule has 12 heteroatoms. The van der Waals surface area contributed by atoms with Crippen molar-refractivity contribution in [3.8, 4) is 0 Å². The molecular weight excluding hydrogens is 729 g/mol. The summed E-state index contributed by atoms with van der Waals surface area (Å²) in [7, 11) is -1.60. The summed E-state index contributed by atoms with van der Waals surface area (Å²) in [4.78, 5) is 52.7. The van der Waals surface area contributed by atoms with Crippen LogP contribution in [0.15, 0.2) is 121 Å². The van der Waals surface area contributed by atoms with Crippen LogP contribution >= 0.6 is 0 Å². The summed E-state index contributed by atoms with van der Waals surface area (Å²) in [5.74, 6) is -1.39. The van der Waals surface area contributed by atoms with Crippen LogP contribution in [0.4, 0.5) is 9.59 Å². The summed E-state index contributed by atoms with van der Waals surface area (Å²) in [6.45, 7) is 7.50. The van der Waals surface area contributed by atoms with Gasteiger partial charge in [0, 0.05) is 23.9 Å². The Morgan fingerprint density at radius 3 is 1.11 bits per heavy atom. The average molecular weight is 783 g/mol. The molecule has 0 bridgehead atoms. The predicted molar refractivity (Wildman–Crippen MR) is 219 cm³/mol. The summed E-state index contributed by atoms with van der Waals surface area (Å²) in [6.07, 6.45) is -0.668. The van der Waals surface area contributed by atoms with Gasteiger partial charge in [0.2, 0.25) is 11.8 Å². The van der Waals surface area contributed by atoms with E-state index in [-0.39, 0.29) is 38.1 Å². The minimum Gasteiger partial charge on any atom is -0.445 e. The molecule has 0 aliphatic heterocycles. The molecule has 11 nitrogen and oxygen atoms in total. The van der Waals surface area contributed by atoms with Crippen molar-refractivity contribution in [2.45, 2.75) is 76.3 Å². The lowest BCUT2D eigenvalue weighted by Crippen LogP contribution is -2.53. The van der Waals surface area contributed by atoms with Gasteiger partial charge in [-0.2, -0.15) is 0 Å². The van der Waals surface area contributed by atoms with Gasteiger partial charge in [0.05, 0.1) is 10.5 Å². The Morgan fingerprint density at radius 2 is 0.804 bits per heavy atom. The normalized spacial score (nSPS) is 13.3. The summed E-state index contributed by atoms with van der Waals surface area (Å²) >= 11 is 0. The van der Waals surface area contributed by atoms with Crippen molar-refractivity contribution in [3.05, 3.63) is 144 Å². The smallest absolute Gasteiger partial charge is 0.408 e. The van der Waals surface area contributed by atoms with E-state index in [0.29, 0.717) is 12.8 Å². The van der Waals surface area contributed by atoms with E-state index in [4.69, 9.17) is 9.47 Å². The molecule has 0 aliphatic rings. The van der Waals surface area contributed by atoms with Crippen LogP contribution in [0, 0.1) is 11.8 Å². The van der Waals surface area contributed by atoms with Crippen molar-refractivity contribution in [2.75, 3.05) is 13.1 Å². The van der Waals surface area contributed by atoms with Crippen LogP contribution in [0.1, 0.15) is 49.9 Å². The standard InChI is InChI=1S/C44H54N4O7S/c1-31(2)39(47-43(51)54-29-35-21-13-7-14-22-35)41(49)45-27-37(25-33-17-9-5-10-18-33)56(53)38(26-34-19-11-6-12-20-34)28-46-42(50)40(32(3)4)48-44(52)55-30-36-23-15-8-16-24-36/h5-24,31-32,37-40H,25-30H2,1-4H3,(H,45,49)(H,46,50)(H,47,51)(H,48,52)/t37-,38-,39+,40+/m1/s1. The molecule has 4 aromatic carbocycles. The zero-order valence-electron chi connectivity index (χ0n) is 32.5. The minimum absolute atomic E-state index is 0.0486. The maximum Gasteiger partial charge on any atom is 0.408 e. The Labute approximate surface area is 332 Å². The van der Waals surface area contributed by atoms with E-state index in [1.54, 1.807) is 0 Å². The van der Waals surface area contributed by atoms with Gasteiger partial charge in [0.1, 0.15) is 25.3 Å². The number of nitrogens with one attached hydrogen (secondary N) is 4. The molecule has 0 heterocycles. The van der Waals surface area contributed by atoms with Crippen molar-refractivity contribution < 1.29 is 32.9 Å². The molecule has 0 radical (unpaired) electrons. The van der Waals surface area contributed by atoms with Crippen molar-refractivity contribution in [1.82, 2.24) is 21.3 Å². The molecule has 4 atom stereocenters. The third-order valence-corrected chi connectivity index (χ3v) is 11.1. The van der Waals surface area contributed by atoms with Crippen molar-refractivity contribution >= 4 is 34.8 Å². The Balaban J connectivity index is 1.47. The van der Waals surface area contributed by atoms with E-state index >= 15 is 0 Å². The molecule has 4 N–H and O–H groups in total. The second-order valence-electron chi connectivity index (χ2n) is 14.3. The van der Waals surface area contributed by atoms with Gasteiger partial charge in [0.25, 0.3) is 0 Å². The van der Waals surface area contributed by atoms with E-state index in [1.165, 1.54) is 0 Å². The minimum atomic E-state index is -1.60. The van der Waals surface area contributed by atoms with Gasteiger partial charge < -0.3 is 30.7 Å². The van der Waals surface area contributed by atoms with Gasteiger partial charge >= 0.3 is 12.2 Å². The van der Waals surface area contributed by atoms with Crippen LogP contribution in [0.25, 0.3) is 0 Å². The lowest BCUT2D eigenvalue weighted by molar-refractivity contribution is -0.124. The van der Waals surface area contributed by atoms with Crippen LogP contribution in [0.2, 0.25) is 0 Å². The molecule has 0 unspecified atom stereocenters. The van der Waals surface area contributed by atoms with E-state index < -0.39 is 57.4 Å². The largest absolute Gasteiger partial charge is 0.445 e. The predicted octanol–water partition coefficient (Wildman–Crippen LogP) is 6.09. The van der Waals surface area contributed by atoms with E-state index in [0.717, 1.165) is 22.3 Å². The van der Waals surface area contributed by atoms with Crippen molar-refractivity contribution in [2.24, 2.45) is 11.8 Å². The molecule has 56 heavy (non-hydrogen) atoms. The summed E-state index contributed by atoms with van der Waals surface area (Å²) < 4.78 is 25.5. The SMILES string of the molecule is CC(C)[C@H](NC(=O)OCc1ccccc1)C(=O)NC[C@@H](Cc1ccccc1)S(=O)[C@@H](CNC(=O)[C@@H](NC(=O)OCc1ccccc1)C(C)C)Cc1ccccc1. The molecule has 298 valence electrons. The van der Waals surface area contributed by atoms with Gasteiger partial charge in [-0.3, -0.25) is 13.8 Å². The van der Waals surface area contributed by atoms with Gasteiger partial charge in [-0.15, -0.1) is 0 Å². The molecule has 0 fully saturated rings. The van der Waals surface area contributed by atoms with Crippen LogP contribution in [-0.4, -0.2) is 63.9 Å². The number of carbonyl (C=O) groups is 4. The monoisotopic (exact) mass is 782 g/mol. The first-order valence-corrected chi connectivity index (χ1v) is 20.2. The fourth-order valence-electron chi connectivity index (χ4n) is 6.00. The van der Waals surface area contributed by atoms with Crippen molar-refractivity contribution in [3.63, 3.8) is 0 Å². The summed E-state index contributed by atoms with van der Waals surface area (Å²) in [6, 6.07) is 35.9. The molecular formula is C44H54N4O7S. The second kappa shape index (κ2) is 22.8. The lowest BCUT2D eigenvalue weighted by Gasteiger charge is -2.27. The fourth-order valence-corrected chi connectivity index (χ4v) is 7.75. The van der Waals surface area contributed by atoms with Gasteiger partial charge in [-0.25, -0.2) is 9.59 Å². The highest BCUT2D eigenvalue weighted by Gasteiger charge is 2.31. The molecule has 0 saturated heterocycles. The van der Waals surface area contributed by atoms with Crippen LogP contribution < -0.4 is 21.3 Å². The zero-order chi connectivity index (χ0) is 40.3. The summed E-state index contributed by atoms with van der Waals surface area (Å²) in [5, 5.41) is 10.2. The summed E-state index contributed by atoms with van der Waals surface area (Å²) in [5.41, 5.74) is 3.50. The second-order valence-corrected chi connectivity index (χ2v) is 16.3. The molecule has 0 saturated carbocycles. The van der Waals surface area contributed by atoms with Crippen LogP contribution in [0.5, 0.6) is 0 Å². The Kier molecular flexibility index (Phi) is 17.6. The Morgan fingerprint density at radius 1 is 0.500 bits per heavy atom. The van der Waals surface area contributed by atoms with Crippen LogP contribution in [0.3, 0.4) is 0 Å². The molecule has 0 spiro atoms. The van der Waals surface area contributed by atoms with Gasteiger partial charge in [-0.05, 0) is 46.9 Å². The van der Waals surface area contributed by atoms with Gasteiger partial charge in [0.15, 0.2) is 0 Å². The highest BCUT2D eigenvalue weighted by atomic mass is 32.2. The van der Waals surface area contributed by atoms with E-state index in [2.05, 4.69) is 21.3 Å². The third-order valence-electron chi connectivity index (χ3n) is 9.15. The maximum atomic E-state index is 14.7. The first-order valence-electron chi connectivity index (χ1n) is 19.0. The molecule has 4 amide bonds. The van der Waals surface area contributed by atoms with E-state index in [1.807, 2.05) is 149 Å². The van der Waals surface area contributed by atoms with Crippen molar-refractivity contribution in [1.29, 1.82) is 0 Å². The first kappa shape index (κ1) is 43.2. The molecule has 4 rings (SSSR count). The van der Waals surface area contributed by atoms with Crippen LogP contribution in [-0.2, 0) is 55.9 Å². The number of hydrogen-bond donors (Lipinski definition) is 4. The van der Waals surface area contributed by atoms with Gasteiger partial charge in [-0.1, -0.05) is 149 Å². The number of alkyl carbamates (subject to hydrolysis) is 2. The number of rotatable bonds is 20. The third kappa shape index (κ3) is 14.6. The average Bonchev–Trinajstić information content (AvgIpc) is 3.21. The number of carbonyl (C=O) groups excluding carboxylic acids is 4. The number of amides is 4. The number of hydrogen-bond acceptors (Lipinski definition) is 7. The topological polar surface area (TPSA) is 152 Å². The number of benzene rings is 4. The fraction of sp³-hybridized carbons (Fsp3) is 0.364. The Hall–Kier alpha value is -5.49. The Bertz CT molecular complexity index is 1700. The molecule has 4 aromatic rings. The number of ether oxygens (including phenoxy) is 2. The first-order chi connectivity index (χ1) is 27.0. The lowest BCUT2D eigenvalue weighted by atomic mass is 10.0. The zero-order valence-corrected chi connectivity index (χ0v) is 33.3.